The van der Waals surface area contributed by atoms with Crippen LogP contribution in [0.15, 0.2) is 10.7 Å². The maximum absolute atomic E-state index is 12.3. The summed E-state index contributed by atoms with van der Waals surface area (Å²) in [6, 6.07) is -0.895. The Bertz CT molecular complexity index is 644. The van der Waals surface area contributed by atoms with Crippen LogP contribution in [0.25, 0.3) is 5.32 Å². The number of carbonyl (C=O) groups is 3. The number of carbonyl (C=O) groups excluding carboxylic acids is 3. The summed E-state index contributed by atoms with van der Waals surface area (Å²) in [7, 11) is 0. The van der Waals surface area contributed by atoms with Crippen LogP contribution >= 0.6 is 11.8 Å². The molecule has 1 N–H and O–H groups in total. The average Bonchev–Trinajstić information content (AvgIpc) is 3.06. The third-order valence-corrected chi connectivity index (χ3v) is 4.79. The van der Waals surface area contributed by atoms with Crippen LogP contribution in [0.5, 0.6) is 0 Å². The summed E-state index contributed by atoms with van der Waals surface area (Å²) in [5.74, 6) is -0.794. The zero-order valence-corrected chi connectivity index (χ0v) is 16.0. The Morgan fingerprint density at radius 2 is 2.04 bits per heavy atom. The minimum Gasteiger partial charge on any atom is -0.586 e. The lowest BCUT2D eigenvalue weighted by atomic mass is 10.3. The Labute approximate surface area is 156 Å². The van der Waals surface area contributed by atoms with Gasteiger partial charge in [0.15, 0.2) is 5.12 Å². The number of rotatable bonds is 7. The van der Waals surface area contributed by atoms with Crippen molar-refractivity contribution in [2.45, 2.75) is 26.8 Å². The highest BCUT2D eigenvalue weighted by Gasteiger charge is 2.24. The number of hydrogen-bond acceptors (Lipinski definition) is 8. The van der Waals surface area contributed by atoms with Crippen molar-refractivity contribution < 1.29 is 23.7 Å². The fourth-order valence-corrected chi connectivity index (χ4v) is 3.11. The third-order valence-electron chi connectivity index (χ3n) is 3.88. The van der Waals surface area contributed by atoms with Gasteiger partial charge in [-0.1, -0.05) is 18.7 Å². The summed E-state index contributed by atoms with van der Waals surface area (Å²) in [6.07, 6.45) is 1.53. The Morgan fingerprint density at radius 3 is 2.62 bits per heavy atom. The van der Waals surface area contributed by atoms with Crippen molar-refractivity contribution in [2.75, 3.05) is 43.5 Å². The van der Waals surface area contributed by atoms with Crippen molar-refractivity contribution in [3.63, 3.8) is 0 Å². The molecule has 0 radical (unpaired) electrons. The standard InChI is InChI=1S/C15H24N6O4S/c1-4-19-5-7-20(8-6-19)21-9-14(25-18-21)17-15(24)13(16-11(2)22)10-26-12(3)23/h9,13H,4-8,10H2,1-3H3,(H-,16,17,18,22,24)/t13-/m0/s1. The lowest BCUT2D eigenvalue weighted by Gasteiger charge is -2.28. The van der Waals surface area contributed by atoms with Crippen LogP contribution in [0, 0.1) is 0 Å². The number of thioether (sulfide) groups is 1. The van der Waals surface area contributed by atoms with E-state index in [1.54, 1.807) is 0 Å². The molecule has 1 aliphatic heterocycles. The topological polar surface area (TPSA) is 114 Å². The van der Waals surface area contributed by atoms with E-state index in [9.17, 15) is 14.4 Å². The van der Waals surface area contributed by atoms with E-state index in [4.69, 9.17) is 4.52 Å². The van der Waals surface area contributed by atoms with E-state index in [-0.39, 0.29) is 22.7 Å². The molecule has 0 spiro atoms. The Kier molecular flexibility index (Phi) is 7.39. The quantitative estimate of drug-likeness (QED) is 0.629. The number of piperazine rings is 1. The van der Waals surface area contributed by atoms with Gasteiger partial charge in [-0.05, 0) is 6.54 Å². The molecule has 0 aromatic carbocycles. The van der Waals surface area contributed by atoms with E-state index >= 15 is 0 Å². The van der Waals surface area contributed by atoms with E-state index < -0.39 is 11.9 Å². The lowest BCUT2D eigenvalue weighted by Crippen LogP contribution is -2.65. The fraction of sp³-hybridized carbons (Fsp3) is 0.667. The van der Waals surface area contributed by atoms with Crippen molar-refractivity contribution in [3.8, 4) is 0 Å². The molecule has 0 unspecified atom stereocenters. The Morgan fingerprint density at radius 1 is 1.35 bits per heavy atom. The van der Waals surface area contributed by atoms with Crippen molar-refractivity contribution >= 4 is 34.6 Å². The number of nitrogens with one attached hydrogen (secondary N) is 1. The highest BCUT2D eigenvalue weighted by Crippen LogP contribution is 2.17. The fourth-order valence-electron chi connectivity index (χ4n) is 2.48. The normalized spacial score (nSPS) is 16.2. The van der Waals surface area contributed by atoms with E-state index in [0.29, 0.717) is 0 Å². The second-order valence-corrected chi connectivity index (χ2v) is 7.05. The van der Waals surface area contributed by atoms with Crippen LogP contribution in [0.2, 0.25) is 0 Å². The number of likely N-dealkylation sites (N-methyl/N-ethyl adjacent to an activating group) is 1. The Hall–Kier alpha value is -2.14. The average molecular weight is 384 g/mol. The van der Waals surface area contributed by atoms with Gasteiger partial charge in [0.25, 0.3) is 6.20 Å². The first-order valence-electron chi connectivity index (χ1n) is 8.41. The zero-order valence-electron chi connectivity index (χ0n) is 15.2. The van der Waals surface area contributed by atoms with Gasteiger partial charge in [-0.2, -0.15) is 5.01 Å². The van der Waals surface area contributed by atoms with Crippen molar-refractivity contribution in [2.24, 2.45) is 0 Å². The van der Waals surface area contributed by atoms with Crippen LogP contribution in [0.3, 0.4) is 0 Å². The number of aromatic nitrogens is 2. The molecule has 2 heterocycles. The van der Waals surface area contributed by atoms with Crippen molar-refractivity contribution in [1.82, 2.24) is 15.5 Å². The second-order valence-electron chi connectivity index (χ2n) is 5.85. The maximum atomic E-state index is 12.3. The number of hydrogen-bond donors (Lipinski definition) is 1. The SMILES string of the molecule is CCN1CCN([n+]2cc([N-]C(=O)[C@H](CSC(C)=O)NC(C)=O)on2)CC1. The highest BCUT2D eigenvalue weighted by molar-refractivity contribution is 8.13. The van der Waals surface area contributed by atoms with E-state index in [2.05, 4.69) is 27.7 Å². The smallest absolute Gasteiger partial charge is 0.257 e. The van der Waals surface area contributed by atoms with Crippen molar-refractivity contribution in [3.05, 3.63) is 11.5 Å². The van der Waals surface area contributed by atoms with Gasteiger partial charge < -0.3 is 20.0 Å². The predicted octanol–water partition coefficient (Wildman–Crippen LogP) is -0.448. The molecule has 1 atom stereocenters. The van der Waals surface area contributed by atoms with Crippen molar-refractivity contribution in [1.29, 1.82) is 0 Å². The van der Waals surface area contributed by atoms with Gasteiger partial charge in [0.05, 0.1) is 29.8 Å². The highest BCUT2D eigenvalue weighted by atomic mass is 32.2. The van der Waals surface area contributed by atoms with Gasteiger partial charge in [0.1, 0.15) is 5.88 Å². The molecule has 0 bridgehead atoms. The van der Waals surface area contributed by atoms with Gasteiger partial charge in [-0.3, -0.25) is 14.5 Å². The molecule has 26 heavy (non-hydrogen) atoms. The summed E-state index contributed by atoms with van der Waals surface area (Å²) in [5.41, 5.74) is 0. The first-order valence-corrected chi connectivity index (χ1v) is 9.40. The molecule has 2 amide bonds. The molecule has 1 aromatic rings. The molecule has 0 aliphatic carbocycles. The summed E-state index contributed by atoms with van der Waals surface area (Å²) in [5, 5.41) is 12.1. The summed E-state index contributed by atoms with van der Waals surface area (Å²) >= 11 is 0.952. The Balaban J connectivity index is 1.94. The molecular formula is C15H24N6O4S. The van der Waals surface area contributed by atoms with Crippen LogP contribution in [-0.2, 0) is 14.4 Å². The zero-order chi connectivity index (χ0) is 19.1. The first kappa shape index (κ1) is 20.2. The lowest BCUT2D eigenvalue weighted by molar-refractivity contribution is -0.759. The minimum absolute atomic E-state index is 0.0519. The molecule has 1 saturated heterocycles. The van der Waals surface area contributed by atoms with Crippen LogP contribution in [0.1, 0.15) is 20.8 Å². The van der Waals surface area contributed by atoms with Gasteiger partial charge >= 0.3 is 0 Å². The molecule has 11 heteroatoms. The maximum Gasteiger partial charge on any atom is 0.257 e. The first-order chi connectivity index (χ1) is 12.4. The molecule has 10 nitrogen and oxygen atoms in total. The molecule has 2 rings (SSSR count). The monoisotopic (exact) mass is 384 g/mol. The molecular weight excluding hydrogens is 360 g/mol. The third kappa shape index (κ3) is 5.99. The minimum atomic E-state index is -0.895. The van der Waals surface area contributed by atoms with E-state index in [1.807, 2.05) is 5.01 Å². The molecule has 1 aliphatic rings. The molecule has 1 fully saturated rings. The van der Waals surface area contributed by atoms with Gasteiger partial charge in [-0.25, -0.2) is 0 Å². The largest absolute Gasteiger partial charge is 0.586 e. The van der Waals surface area contributed by atoms with Gasteiger partial charge in [-0.15, -0.1) is 0 Å². The second kappa shape index (κ2) is 9.53. The number of nitrogens with zero attached hydrogens (tertiary/aromatic N) is 5. The molecule has 1 aromatic heterocycles. The van der Waals surface area contributed by atoms with Gasteiger partial charge in [0.2, 0.25) is 11.2 Å². The summed E-state index contributed by atoms with van der Waals surface area (Å²) in [6.45, 7) is 9.27. The predicted molar refractivity (Wildman–Crippen MR) is 95.5 cm³/mol. The summed E-state index contributed by atoms with van der Waals surface area (Å²) in [4.78, 5) is 38.5. The molecule has 144 valence electrons. The van der Waals surface area contributed by atoms with Crippen LogP contribution in [0.4, 0.5) is 5.88 Å². The van der Waals surface area contributed by atoms with Crippen LogP contribution < -0.4 is 15.1 Å². The molecule has 0 saturated carbocycles. The van der Waals surface area contributed by atoms with E-state index in [1.165, 1.54) is 24.8 Å². The van der Waals surface area contributed by atoms with Gasteiger partial charge in [0, 0.05) is 32.7 Å². The van der Waals surface area contributed by atoms with E-state index in [0.717, 1.165) is 44.5 Å². The summed E-state index contributed by atoms with van der Waals surface area (Å²) < 4.78 is 5.11. The number of amides is 2. The van der Waals surface area contributed by atoms with Crippen LogP contribution in [-0.4, -0.2) is 71.6 Å².